The van der Waals surface area contributed by atoms with Gasteiger partial charge < -0.3 is 15.5 Å². The molecule has 0 aliphatic carbocycles. The van der Waals surface area contributed by atoms with Gasteiger partial charge in [-0.2, -0.15) is 0 Å². The van der Waals surface area contributed by atoms with Crippen LogP contribution in [0, 0.1) is 12.8 Å². The predicted octanol–water partition coefficient (Wildman–Crippen LogP) is 1.26. The summed E-state index contributed by atoms with van der Waals surface area (Å²) in [5.74, 6) is 0.417. The molecule has 24 heavy (non-hydrogen) atoms. The maximum atomic E-state index is 11.7. The third-order valence-corrected chi connectivity index (χ3v) is 4.84. The third kappa shape index (κ3) is 5.10. The van der Waals surface area contributed by atoms with Gasteiger partial charge in [0.25, 0.3) is 0 Å². The molecule has 0 saturated carbocycles. The van der Waals surface area contributed by atoms with Crippen LogP contribution in [0.2, 0.25) is 0 Å². The Hall–Kier alpha value is -1.30. The normalized spacial score (nSPS) is 18.6. The number of hydrogen-bond acceptors (Lipinski definition) is 4. The lowest BCUT2D eigenvalue weighted by Gasteiger charge is -2.36. The number of benzene rings is 1. The number of nitrogens with zero attached hydrogens (tertiary/aromatic N) is 2. The fourth-order valence-electron chi connectivity index (χ4n) is 3.19. The lowest BCUT2D eigenvalue weighted by atomic mass is 10.0. The maximum absolute atomic E-state index is 11.7. The van der Waals surface area contributed by atoms with Crippen LogP contribution in [0.1, 0.15) is 12.0 Å². The van der Waals surface area contributed by atoms with Crippen molar-refractivity contribution >= 4 is 24.0 Å². The molecule has 1 aromatic carbocycles. The van der Waals surface area contributed by atoms with Gasteiger partial charge in [-0.1, -0.05) is 12.1 Å². The standard InChI is InChI=1S/C18H28N4O.ClH/c1-15-4-2-5-17(12-15)22-10-8-21(9-11-22)7-3-6-20-18(23)16-13-19-14-16;/h2,4-5,12,16,19H,3,6-11,13-14H2,1H3,(H,20,23);1H. The zero-order chi connectivity index (χ0) is 16.1. The van der Waals surface area contributed by atoms with Gasteiger partial charge >= 0.3 is 0 Å². The van der Waals surface area contributed by atoms with Crippen molar-refractivity contribution in [1.29, 1.82) is 0 Å². The molecule has 2 N–H and O–H groups in total. The highest BCUT2D eigenvalue weighted by atomic mass is 35.5. The number of amides is 1. The van der Waals surface area contributed by atoms with Gasteiger partial charge in [0, 0.05) is 51.5 Å². The van der Waals surface area contributed by atoms with Crippen LogP contribution in [0.15, 0.2) is 24.3 Å². The average molecular weight is 353 g/mol. The van der Waals surface area contributed by atoms with Crippen molar-refractivity contribution in [2.75, 3.05) is 57.3 Å². The first-order chi connectivity index (χ1) is 11.2. The maximum Gasteiger partial charge on any atom is 0.225 e. The van der Waals surface area contributed by atoms with Crippen LogP contribution in [0.4, 0.5) is 5.69 Å². The fraction of sp³-hybridized carbons (Fsp3) is 0.611. The lowest BCUT2D eigenvalue weighted by molar-refractivity contribution is -0.126. The first kappa shape index (κ1) is 19.0. The average Bonchev–Trinajstić information content (AvgIpc) is 2.50. The number of rotatable bonds is 6. The monoisotopic (exact) mass is 352 g/mol. The Morgan fingerprint density at radius 3 is 2.62 bits per heavy atom. The fourth-order valence-corrected chi connectivity index (χ4v) is 3.19. The number of piperazine rings is 1. The molecule has 1 aromatic rings. The van der Waals surface area contributed by atoms with Crippen LogP contribution in [-0.4, -0.2) is 63.2 Å². The summed E-state index contributed by atoms with van der Waals surface area (Å²) in [6, 6.07) is 8.75. The summed E-state index contributed by atoms with van der Waals surface area (Å²) in [6.07, 6.45) is 1.04. The first-order valence-corrected chi connectivity index (χ1v) is 8.75. The minimum atomic E-state index is 0. The number of nitrogens with one attached hydrogen (secondary N) is 2. The molecule has 0 radical (unpaired) electrons. The molecule has 0 unspecified atom stereocenters. The van der Waals surface area contributed by atoms with E-state index in [1.54, 1.807) is 0 Å². The smallest absolute Gasteiger partial charge is 0.225 e. The summed E-state index contributed by atoms with van der Waals surface area (Å²) in [5.41, 5.74) is 2.66. The molecule has 2 aliphatic heterocycles. The van der Waals surface area contributed by atoms with Crippen LogP contribution >= 0.6 is 12.4 Å². The van der Waals surface area contributed by atoms with Crippen LogP contribution < -0.4 is 15.5 Å². The van der Waals surface area contributed by atoms with E-state index in [0.717, 1.165) is 58.8 Å². The van der Waals surface area contributed by atoms with Gasteiger partial charge in [-0.25, -0.2) is 0 Å². The Labute approximate surface area is 151 Å². The van der Waals surface area contributed by atoms with Crippen molar-refractivity contribution in [3.05, 3.63) is 29.8 Å². The molecule has 5 nitrogen and oxygen atoms in total. The SMILES string of the molecule is Cc1cccc(N2CCN(CCCNC(=O)C3CNC3)CC2)c1.Cl. The lowest BCUT2D eigenvalue weighted by Crippen LogP contribution is -2.51. The zero-order valence-electron chi connectivity index (χ0n) is 14.5. The summed E-state index contributed by atoms with van der Waals surface area (Å²) in [4.78, 5) is 16.7. The van der Waals surface area contributed by atoms with E-state index in [1.165, 1.54) is 11.3 Å². The van der Waals surface area contributed by atoms with Crippen molar-refractivity contribution in [3.63, 3.8) is 0 Å². The largest absolute Gasteiger partial charge is 0.369 e. The summed E-state index contributed by atoms with van der Waals surface area (Å²) >= 11 is 0. The molecule has 2 heterocycles. The number of aryl methyl sites for hydroxylation is 1. The van der Waals surface area contributed by atoms with Gasteiger partial charge in [0.2, 0.25) is 5.91 Å². The minimum absolute atomic E-state index is 0. The van der Waals surface area contributed by atoms with E-state index in [-0.39, 0.29) is 24.2 Å². The summed E-state index contributed by atoms with van der Waals surface area (Å²) < 4.78 is 0. The summed E-state index contributed by atoms with van der Waals surface area (Å²) in [5, 5.41) is 6.18. The van der Waals surface area contributed by atoms with Gasteiger partial charge in [0.1, 0.15) is 0 Å². The summed E-state index contributed by atoms with van der Waals surface area (Å²) in [6.45, 7) is 10.1. The van der Waals surface area contributed by atoms with Gasteiger partial charge in [-0.05, 0) is 37.6 Å². The van der Waals surface area contributed by atoms with Crippen molar-refractivity contribution in [3.8, 4) is 0 Å². The molecule has 6 heteroatoms. The second-order valence-electron chi connectivity index (χ2n) is 6.67. The van der Waals surface area contributed by atoms with E-state index in [9.17, 15) is 4.79 Å². The van der Waals surface area contributed by atoms with E-state index >= 15 is 0 Å². The van der Waals surface area contributed by atoms with Crippen molar-refractivity contribution in [2.24, 2.45) is 5.92 Å². The predicted molar refractivity (Wildman–Crippen MR) is 101 cm³/mol. The van der Waals surface area contributed by atoms with Crippen LogP contribution in [0.5, 0.6) is 0 Å². The number of carbonyl (C=O) groups is 1. The molecule has 1 amide bonds. The Bertz CT molecular complexity index is 528. The van der Waals surface area contributed by atoms with E-state index in [0.29, 0.717) is 0 Å². The minimum Gasteiger partial charge on any atom is -0.369 e. The highest BCUT2D eigenvalue weighted by molar-refractivity contribution is 5.85. The molecule has 2 saturated heterocycles. The molecule has 0 bridgehead atoms. The van der Waals surface area contributed by atoms with Gasteiger partial charge in [0.05, 0.1) is 5.92 Å². The molecule has 0 aromatic heterocycles. The van der Waals surface area contributed by atoms with Gasteiger partial charge in [-0.3, -0.25) is 9.69 Å². The second-order valence-corrected chi connectivity index (χ2v) is 6.67. The number of halogens is 1. The summed E-state index contributed by atoms with van der Waals surface area (Å²) in [7, 11) is 0. The highest BCUT2D eigenvalue weighted by Crippen LogP contribution is 2.17. The third-order valence-electron chi connectivity index (χ3n) is 4.84. The van der Waals surface area contributed by atoms with Crippen molar-refractivity contribution in [2.45, 2.75) is 13.3 Å². The zero-order valence-corrected chi connectivity index (χ0v) is 15.3. The highest BCUT2D eigenvalue weighted by Gasteiger charge is 2.24. The van der Waals surface area contributed by atoms with E-state index < -0.39 is 0 Å². The quantitative estimate of drug-likeness (QED) is 0.757. The van der Waals surface area contributed by atoms with Crippen molar-refractivity contribution in [1.82, 2.24) is 15.5 Å². The molecular formula is C18H29ClN4O. The number of hydrogen-bond donors (Lipinski definition) is 2. The number of carbonyl (C=O) groups excluding carboxylic acids is 1. The van der Waals surface area contributed by atoms with E-state index in [2.05, 4.69) is 51.6 Å². The van der Waals surface area contributed by atoms with Crippen LogP contribution in [0.25, 0.3) is 0 Å². The van der Waals surface area contributed by atoms with Crippen molar-refractivity contribution < 1.29 is 4.79 Å². The first-order valence-electron chi connectivity index (χ1n) is 8.75. The Morgan fingerprint density at radius 1 is 1.25 bits per heavy atom. The molecule has 3 rings (SSSR count). The van der Waals surface area contributed by atoms with E-state index in [4.69, 9.17) is 0 Å². The van der Waals surface area contributed by atoms with Crippen LogP contribution in [0.3, 0.4) is 0 Å². The topological polar surface area (TPSA) is 47.6 Å². The van der Waals surface area contributed by atoms with Gasteiger partial charge in [0.15, 0.2) is 0 Å². The Morgan fingerprint density at radius 2 is 2.00 bits per heavy atom. The molecule has 134 valence electrons. The Balaban J connectivity index is 0.00000208. The molecule has 0 spiro atoms. The number of anilines is 1. The Kier molecular flexibility index (Phi) is 7.34. The van der Waals surface area contributed by atoms with Crippen LogP contribution in [-0.2, 0) is 4.79 Å². The van der Waals surface area contributed by atoms with E-state index in [1.807, 2.05) is 0 Å². The molecule has 2 fully saturated rings. The van der Waals surface area contributed by atoms with Gasteiger partial charge in [-0.15, -0.1) is 12.4 Å². The molecular weight excluding hydrogens is 324 g/mol. The second kappa shape index (κ2) is 9.25. The molecule has 0 atom stereocenters. The molecule has 2 aliphatic rings.